The van der Waals surface area contributed by atoms with Crippen molar-refractivity contribution >= 4 is 11.9 Å². The average Bonchev–Trinajstić information content (AvgIpc) is 3.18. The van der Waals surface area contributed by atoms with Crippen LogP contribution in [0.3, 0.4) is 0 Å². The number of halogens is 1. The van der Waals surface area contributed by atoms with Crippen LogP contribution in [0, 0.1) is 26.6 Å². The molecular formula is C27H23FN2O2. The minimum Gasteiger partial charge on any atom is -0.312 e. The molecule has 0 atom stereocenters. The van der Waals surface area contributed by atoms with Crippen molar-refractivity contribution in [2.24, 2.45) is 0 Å². The number of allylic oxidation sites excluding steroid dienone is 1. The molecule has 0 saturated heterocycles. The van der Waals surface area contributed by atoms with E-state index in [-0.39, 0.29) is 17.3 Å². The molecule has 4 nitrogen and oxygen atoms in total. The van der Waals surface area contributed by atoms with Gasteiger partial charge in [-0.2, -0.15) is 0 Å². The lowest BCUT2D eigenvalue weighted by molar-refractivity contribution is 0.104. The zero-order valence-corrected chi connectivity index (χ0v) is 18.1. The molecule has 0 bridgehead atoms. The van der Waals surface area contributed by atoms with Gasteiger partial charge in [0.25, 0.3) is 0 Å². The third kappa shape index (κ3) is 4.23. The van der Waals surface area contributed by atoms with E-state index >= 15 is 0 Å². The SMILES string of the molecule is Cc1cc(-c2c[nH]c(=O)n2-c2cccc(C(=O)C=Cc3ccc(F)cc3)c2)cc(C)c1C. The smallest absolute Gasteiger partial charge is 0.312 e. The first-order chi connectivity index (χ1) is 15.3. The van der Waals surface area contributed by atoms with Crippen LogP contribution in [-0.4, -0.2) is 15.3 Å². The Morgan fingerprint density at radius 3 is 2.34 bits per heavy atom. The Labute approximate surface area is 185 Å². The molecule has 1 heterocycles. The standard InChI is InChI=1S/C27H23FN2O2/c1-17-13-22(14-18(2)19(17)3)25-16-29-27(32)30(25)24-6-4-5-21(15-24)26(31)12-9-20-7-10-23(28)11-8-20/h4-16H,1-3H3,(H,29,32). The van der Waals surface area contributed by atoms with Crippen molar-refractivity contribution in [3.63, 3.8) is 0 Å². The first-order valence-electron chi connectivity index (χ1n) is 10.3. The molecule has 0 fully saturated rings. The van der Waals surface area contributed by atoms with Crippen molar-refractivity contribution in [1.29, 1.82) is 0 Å². The normalized spacial score (nSPS) is 11.2. The van der Waals surface area contributed by atoms with Gasteiger partial charge in [0.1, 0.15) is 5.82 Å². The van der Waals surface area contributed by atoms with E-state index in [1.165, 1.54) is 23.8 Å². The van der Waals surface area contributed by atoms with Crippen LogP contribution in [0.15, 0.2) is 77.7 Å². The molecule has 1 N–H and O–H groups in total. The van der Waals surface area contributed by atoms with Gasteiger partial charge in [0, 0.05) is 17.3 Å². The van der Waals surface area contributed by atoms with Crippen LogP contribution < -0.4 is 5.69 Å². The number of benzene rings is 3. The molecule has 0 saturated carbocycles. The van der Waals surface area contributed by atoms with E-state index in [1.54, 1.807) is 53.2 Å². The number of carbonyl (C=O) groups is 1. The maximum Gasteiger partial charge on any atom is 0.330 e. The van der Waals surface area contributed by atoms with Crippen LogP contribution in [0.25, 0.3) is 23.0 Å². The van der Waals surface area contributed by atoms with Crippen LogP contribution in [0.1, 0.15) is 32.6 Å². The van der Waals surface area contributed by atoms with E-state index in [4.69, 9.17) is 0 Å². The lowest BCUT2D eigenvalue weighted by atomic mass is 9.99. The summed E-state index contributed by atoms with van der Waals surface area (Å²) in [5.74, 6) is -0.531. The van der Waals surface area contributed by atoms with Crippen LogP contribution in [-0.2, 0) is 0 Å². The van der Waals surface area contributed by atoms with Crippen molar-refractivity contribution in [2.75, 3.05) is 0 Å². The van der Waals surface area contributed by atoms with Crippen LogP contribution in [0.5, 0.6) is 0 Å². The van der Waals surface area contributed by atoms with Gasteiger partial charge in [-0.15, -0.1) is 0 Å². The van der Waals surface area contributed by atoms with Crippen molar-refractivity contribution < 1.29 is 9.18 Å². The maximum atomic E-state index is 13.1. The molecule has 3 aromatic carbocycles. The number of aromatic amines is 1. The molecule has 0 amide bonds. The summed E-state index contributed by atoms with van der Waals surface area (Å²) in [6.07, 6.45) is 4.77. The summed E-state index contributed by atoms with van der Waals surface area (Å²) in [7, 11) is 0. The summed E-state index contributed by atoms with van der Waals surface area (Å²) < 4.78 is 14.6. The molecule has 160 valence electrons. The predicted molar refractivity (Wildman–Crippen MR) is 126 cm³/mol. The van der Waals surface area contributed by atoms with Crippen molar-refractivity contribution in [3.05, 3.63) is 117 Å². The zero-order chi connectivity index (χ0) is 22.8. The number of nitrogens with one attached hydrogen (secondary N) is 1. The van der Waals surface area contributed by atoms with E-state index < -0.39 is 0 Å². The highest BCUT2D eigenvalue weighted by Crippen LogP contribution is 2.26. The highest BCUT2D eigenvalue weighted by molar-refractivity contribution is 6.07. The first-order valence-corrected chi connectivity index (χ1v) is 10.3. The quantitative estimate of drug-likeness (QED) is 0.324. The molecule has 0 aliphatic carbocycles. The van der Waals surface area contributed by atoms with Gasteiger partial charge in [-0.3, -0.25) is 9.36 Å². The summed E-state index contributed by atoms with van der Waals surface area (Å²) in [4.78, 5) is 28.1. The summed E-state index contributed by atoms with van der Waals surface area (Å²) in [6.45, 7) is 6.18. The Bertz CT molecular complexity index is 1370. The zero-order valence-electron chi connectivity index (χ0n) is 18.1. The van der Waals surface area contributed by atoms with Gasteiger partial charge in [0.2, 0.25) is 0 Å². The summed E-state index contributed by atoms with van der Waals surface area (Å²) >= 11 is 0. The lowest BCUT2D eigenvalue weighted by Crippen LogP contribution is -2.16. The Morgan fingerprint density at radius 2 is 1.66 bits per heavy atom. The molecule has 0 unspecified atom stereocenters. The molecule has 1 aromatic heterocycles. The fraction of sp³-hybridized carbons (Fsp3) is 0.111. The number of aromatic nitrogens is 2. The molecule has 0 radical (unpaired) electrons. The predicted octanol–water partition coefficient (Wildman–Crippen LogP) is 5.79. The Hall–Kier alpha value is -3.99. The van der Waals surface area contributed by atoms with Gasteiger partial charge >= 0.3 is 5.69 Å². The van der Waals surface area contributed by atoms with Crippen molar-refractivity contribution in [1.82, 2.24) is 9.55 Å². The number of ketones is 1. The fourth-order valence-electron chi connectivity index (χ4n) is 3.66. The summed E-state index contributed by atoms with van der Waals surface area (Å²) in [5.41, 5.74) is 6.68. The second kappa shape index (κ2) is 8.63. The lowest BCUT2D eigenvalue weighted by Gasteiger charge is -2.12. The second-order valence-corrected chi connectivity index (χ2v) is 7.85. The van der Waals surface area contributed by atoms with E-state index in [0.29, 0.717) is 11.3 Å². The summed E-state index contributed by atoms with van der Waals surface area (Å²) in [6, 6.07) is 17.0. The van der Waals surface area contributed by atoms with Gasteiger partial charge in [-0.05, 0) is 85.5 Å². The van der Waals surface area contributed by atoms with Crippen LogP contribution >= 0.6 is 0 Å². The van der Waals surface area contributed by atoms with Crippen LogP contribution in [0.4, 0.5) is 4.39 Å². The Kier molecular flexibility index (Phi) is 5.73. The number of H-pyrrole nitrogens is 1. The van der Waals surface area contributed by atoms with E-state index in [9.17, 15) is 14.0 Å². The monoisotopic (exact) mass is 426 g/mol. The number of hydrogen-bond acceptors (Lipinski definition) is 2. The molecule has 0 aliphatic heterocycles. The molecule has 4 rings (SSSR count). The maximum absolute atomic E-state index is 13.1. The van der Waals surface area contributed by atoms with Gasteiger partial charge in [0.05, 0.1) is 11.4 Å². The third-order valence-electron chi connectivity index (χ3n) is 5.69. The largest absolute Gasteiger partial charge is 0.330 e. The highest BCUT2D eigenvalue weighted by atomic mass is 19.1. The minimum absolute atomic E-state index is 0.205. The van der Waals surface area contributed by atoms with Crippen LogP contribution in [0.2, 0.25) is 0 Å². The number of hydrogen-bond donors (Lipinski definition) is 1. The average molecular weight is 426 g/mol. The molecule has 4 aromatic rings. The van der Waals surface area contributed by atoms with Crippen molar-refractivity contribution in [3.8, 4) is 16.9 Å². The van der Waals surface area contributed by atoms with Gasteiger partial charge < -0.3 is 4.98 Å². The highest BCUT2D eigenvalue weighted by Gasteiger charge is 2.14. The Morgan fingerprint density at radius 1 is 0.969 bits per heavy atom. The molecular weight excluding hydrogens is 403 g/mol. The van der Waals surface area contributed by atoms with Gasteiger partial charge in [-0.1, -0.05) is 30.3 Å². The number of carbonyl (C=O) groups excluding carboxylic acids is 1. The molecule has 32 heavy (non-hydrogen) atoms. The van der Waals surface area contributed by atoms with Gasteiger partial charge in [-0.25, -0.2) is 9.18 Å². The number of imidazole rings is 1. The third-order valence-corrected chi connectivity index (χ3v) is 5.69. The number of aryl methyl sites for hydroxylation is 2. The number of nitrogens with zero attached hydrogens (tertiary/aromatic N) is 1. The Balaban J connectivity index is 1.70. The van der Waals surface area contributed by atoms with E-state index in [2.05, 4.69) is 24.0 Å². The molecule has 5 heteroatoms. The van der Waals surface area contributed by atoms with Gasteiger partial charge in [0.15, 0.2) is 5.78 Å². The van der Waals surface area contributed by atoms with E-state index in [1.807, 2.05) is 13.8 Å². The van der Waals surface area contributed by atoms with E-state index in [0.717, 1.165) is 27.9 Å². The number of rotatable bonds is 5. The second-order valence-electron chi connectivity index (χ2n) is 7.85. The molecule has 0 aliphatic rings. The summed E-state index contributed by atoms with van der Waals surface area (Å²) in [5, 5.41) is 0. The molecule has 0 spiro atoms. The topological polar surface area (TPSA) is 54.9 Å². The minimum atomic E-state index is -0.326. The first kappa shape index (κ1) is 21.2. The van der Waals surface area contributed by atoms with Crippen molar-refractivity contribution in [2.45, 2.75) is 20.8 Å². The fourth-order valence-corrected chi connectivity index (χ4v) is 3.66.